The van der Waals surface area contributed by atoms with Crippen molar-refractivity contribution in [1.82, 2.24) is 10.3 Å². The Labute approximate surface area is 154 Å². The van der Waals surface area contributed by atoms with E-state index in [-0.39, 0.29) is 11.3 Å². The van der Waals surface area contributed by atoms with Crippen molar-refractivity contribution in [2.75, 3.05) is 5.32 Å². The fraction of sp³-hybridized carbons (Fsp3) is 0.105. The van der Waals surface area contributed by atoms with Gasteiger partial charge in [0.2, 0.25) is 5.91 Å². The Kier molecular flexibility index (Phi) is 5.07. The molecule has 0 fully saturated rings. The highest BCUT2D eigenvalue weighted by atomic mass is 16.6. The topological polar surface area (TPSA) is 114 Å². The number of carbonyl (C=O) groups is 2. The van der Waals surface area contributed by atoms with Crippen molar-refractivity contribution in [3.63, 3.8) is 0 Å². The van der Waals surface area contributed by atoms with E-state index in [1.807, 2.05) is 6.07 Å². The lowest BCUT2D eigenvalue weighted by Crippen LogP contribution is -2.41. The summed E-state index contributed by atoms with van der Waals surface area (Å²) in [7, 11) is 0. The summed E-state index contributed by atoms with van der Waals surface area (Å²) in [6, 6.07) is 13.5. The first-order valence-corrected chi connectivity index (χ1v) is 8.15. The highest BCUT2D eigenvalue weighted by Crippen LogP contribution is 2.17. The molecule has 0 spiro atoms. The van der Waals surface area contributed by atoms with Crippen LogP contribution in [0.1, 0.15) is 17.3 Å². The van der Waals surface area contributed by atoms with Gasteiger partial charge in [-0.05, 0) is 37.3 Å². The highest BCUT2D eigenvalue weighted by Gasteiger charge is 2.18. The zero-order chi connectivity index (χ0) is 19.4. The van der Waals surface area contributed by atoms with E-state index in [1.165, 1.54) is 25.1 Å². The van der Waals surface area contributed by atoms with Gasteiger partial charge in [0.1, 0.15) is 6.04 Å². The average molecular weight is 364 g/mol. The van der Waals surface area contributed by atoms with Gasteiger partial charge < -0.3 is 10.6 Å². The van der Waals surface area contributed by atoms with Gasteiger partial charge >= 0.3 is 0 Å². The maximum absolute atomic E-state index is 12.3. The quantitative estimate of drug-likeness (QED) is 0.534. The smallest absolute Gasteiger partial charge is 0.270 e. The lowest BCUT2D eigenvalue weighted by molar-refractivity contribution is -0.384. The number of aromatic nitrogens is 1. The van der Waals surface area contributed by atoms with Crippen LogP contribution in [0.5, 0.6) is 0 Å². The Bertz CT molecular complexity index is 1030. The summed E-state index contributed by atoms with van der Waals surface area (Å²) < 4.78 is 0. The van der Waals surface area contributed by atoms with E-state index >= 15 is 0 Å². The Morgan fingerprint density at radius 2 is 1.93 bits per heavy atom. The number of nitro benzene ring substituents is 1. The van der Waals surface area contributed by atoms with Gasteiger partial charge in [-0.1, -0.05) is 12.1 Å². The molecule has 0 saturated heterocycles. The Hall–Kier alpha value is -3.81. The van der Waals surface area contributed by atoms with Crippen LogP contribution in [0.3, 0.4) is 0 Å². The van der Waals surface area contributed by atoms with Crippen molar-refractivity contribution in [1.29, 1.82) is 0 Å². The minimum atomic E-state index is -0.832. The second-order valence-electron chi connectivity index (χ2n) is 5.90. The number of nitrogens with zero attached hydrogens (tertiary/aromatic N) is 2. The summed E-state index contributed by atoms with van der Waals surface area (Å²) in [4.78, 5) is 39.0. The summed E-state index contributed by atoms with van der Waals surface area (Å²) in [5, 5.41) is 17.0. The number of nitrogens with one attached hydrogen (secondary N) is 2. The molecule has 3 aromatic rings. The Balaban J connectivity index is 1.66. The number of carbonyl (C=O) groups excluding carboxylic acids is 2. The second kappa shape index (κ2) is 7.61. The van der Waals surface area contributed by atoms with Crippen LogP contribution in [0, 0.1) is 10.1 Å². The summed E-state index contributed by atoms with van der Waals surface area (Å²) in [5.74, 6) is -0.971. The molecule has 0 aliphatic carbocycles. The third-order valence-electron chi connectivity index (χ3n) is 3.93. The van der Waals surface area contributed by atoms with E-state index in [2.05, 4.69) is 15.6 Å². The minimum Gasteiger partial charge on any atom is -0.341 e. The van der Waals surface area contributed by atoms with E-state index in [4.69, 9.17) is 0 Å². The molecule has 2 N–H and O–H groups in total. The summed E-state index contributed by atoms with van der Waals surface area (Å²) in [6.07, 6.45) is 1.69. The van der Waals surface area contributed by atoms with Crippen LogP contribution in [0.15, 0.2) is 60.8 Å². The van der Waals surface area contributed by atoms with Crippen molar-refractivity contribution >= 4 is 34.1 Å². The van der Waals surface area contributed by atoms with Crippen molar-refractivity contribution in [3.05, 3.63) is 76.5 Å². The average Bonchev–Trinajstić information content (AvgIpc) is 2.67. The molecule has 8 heteroatoms. The first-order chi connectivity index (χ1) is 12.9. The summed E-state index contributed by atoms with van der Waals surface area (Å²) in [6.45, 7) is 1.53. The summed E-state index contributed by atoms with van der Waals surface area (Å²) >= 11 is 0. The number of fused-ring (bicyclic) bond motifs is 1. The van der Waals surface area contributed by atoms with Crippen LogP contribution in [0.25, 0.3) is 10.9 Å². The molecule has 3 rings (SSSR count). The van der Waals surface area contributed by atoms with Crippen LogP contribution in [0.2, 0.25) is 0 Å². The first-order valence-electron chi connectivity index (χ1n) is 8.15. The number of amides is 2. The number of hydrogen-bond donors (Lipinski definition) is 2. The molecule has 0 radical (unpaired) electrons. The molecule has 0 saturated carbocycles. The molecule has 1 unspecified atom stereocenters. The number of anilines is 1. The standard InChI is InChI=1S/C19H16N4O4/c1-12(21-19(25)14-4-2-6-16(11-14)23(26)27)18(24)22-15-7-8-17-13(10-15)5-3-9-20-17/h2-12H,1H3,(H,21,25)(H,22,24). The fourth-order valence-corrected chi connectivity index (χ4v) is 2.51. The van der Waals surface area contributed by atoms with Crippen LogP contribution in [0.4, 0.5) is 11.4 Å². The van der Waals surface area contributed by atoms with Crippen molar-refractivity contribution in [3.8, 4) is 0 Å². The lowest BCUT2D eigenvalue weighted by atomic mass is 10.1. The van der Waals surface area contributed by atoms with Gasteiger partial charge in [0.25, 0.3) is 11.6 Å². The predicted molar refractivity (Wildman–Crippen MR) is 100 cm³/mol. The van der Waals surface area contributed by atoms with Gasteiger partial charge in [-0.15, -0.1) is 0 Å². The second-order valence-corrected chi connectivity index (χ2v) is 5.90. The van der Waals surface area contributed by atoms with Gasteiger partial charge in [0.05, 0.1) is 10.4 Å². The lowest BCUT2D eigenvalue weighted by Gasteiger charge is -2.14. The molecule has 1 heterocycles. The van der Waals surface area contributed by atoms with Gasteiger partial charge in [0, 0.05) is 35.0 Å². The van der Waals surface area contributed by atoms with E-state index < -0.39 is 22.8 Å². The van der Waals surface area contributed by atoms with Gasteiger partial charge in [-0.3, -0.25) is 24.7 Å². The molecule has 2 amide bonds. The normalized spacial score (nSPS) is 11.6. The summed E-state index contributed by atoms with van der Waals surface area (Å²) in [5.41, 5.74) is 1.31. The van der Waals surface area contributed by atoms with E-state index in [0.717, 1.165) is 17.0 Å². The third kappa shape index (κ3) is 4.24. The molecule has 136 valence electrons. The molecule has 1 atom stereocenters. The molecule has 0 aliphatic rings. The van der Waals surface area contributed by atoms with Crippen LogP contribution < -0.4 is 10.6 Å². The molecule has 0 bridgehead atoms. The maximum atomic E-state index is 12.3. The van der Waals surface area contributed by atoms with Crippen LogP contribution in [-0.2, 0) is 4.79 Å². The van der Waals surface area contributed by atoms with Crippen LogP contribution in [-0.4, -0.2) is 27.8 Å². The molecule has 2 aromatic carbocycles. The third-order valence-corrected chi connectivity index (χ3v) is 3.93. The molecule has 27 heavy (non-hydrogen) atoms. The predicted octanol–water partition coefficient (Wildman–Crippen LogP) is 2.90. The number of non-ortho nitro benzene ring substituents is 1. The molecule has 8 nitrogen and oxygen atoms in total. The molecule has 1 aromatic heterocycles. The molecular formula is C19H16N4O4. The number of nitro groups is 1. The zero-order valence-corrected chi connectivity index (χ0v) is 14.4. The number of hydrogen-bond acceptors (Lipinski definition) is 5. The Morgan fingerprint density at radius 1 is 1.11 bits per heavy atom. The Morgan fingerprint density at radius 3 is 2.70 bits per heavy atom. The number of benzene rings is 2. The monoisotopic (exact) mass is 364 g/mol. The largest absolute Gasteiger partial charge is 0.341 e. The molecular weight excluding hydrogens is 348 g/mol. The maximum Gasteiger partial charge on any atom is 0.270 e. The minimum absolute atomic E-state index is 0.112. The van der Waals surface area contributed by atoms with Crippen molar-refractivity contribution in [2.45, 2.75) is 13.0 Å². The van der Waals surface area contributed by atoms with Crippen molar-refractivity contribution < 1.29 is 14.5 Å². The zero-order valence-electron chi connectivity index (χ0n) is 14.4. The fourth-order valence-electron chi connectivity index (χ4n) is 2.51. The molecule has 0 aliphatic heterocycles. The SMILES string of the molecule is CC(NC(=O)c1cccc([N+](=O)[O-])c1)C(=O)Nc1ccc2ncccc2c1. The van der Waals surface area contributed by atoms with E-state index in [9.17, 15) is 19.7 Å². The first kappa shape index (κ1) is 18.0. The van der Waals surface area contributed by atoms with Gasteiger partial charge in [-0.2, -0.15) is 0 Å². The van der Waals surface area contributed by atoms with Crippen molar-refractivity contribution in [2.24, 2.45) is 0 Å². The van der Waals surface area contributed by atoms with Gasteiger partial charge in [0.15, 0.2) is 0 Å². The van der Waals surface area contributed by atoms with Crippen LogP contribution >= 0.6 is 0 Å². The highest BCUT2D eigenvalue weighted by molar-refractivity contribution is 6.01. The van der Waals surface area contributed by atoms with E-state index in [1.54, 1.807) is 30.5 Å². The number of pyridine rings is 1. The van der Waals surface area contributed by atoms with Gasteiger partial charge in [-0.25, -0.2) is 0 Å². The van der Waals surface area contributed by atoms with E-state index in [0.29, 0.717) is 5.69 Å². The number of rotatable bonds is 5.